The fourth-order valence-corrected chi connectivity index (χ4v) is 2.98. The maximum absolute atomic E-state index is 11.5. The molecule has 0 aromatic heterocycles. The van der Waals surface area contributed by atoms with Gasteiger partial charge in [0.1, 0.15) is 0 Å². The zero-order chi connectivity index (χ0) is 16.1. The van der Waals surface area contributed by atoms with E-state index in [9.17, 15) is 10.1 Å². The molecule has 0 radical (unpaired) electrons. The van der Waals surface area contributed by atoms with Gasteiger partial charge in [-0.05, 0) is 12.5 Å². The van der Waals surface area contributed by atoms with E-state index in [0.717, 1.165) is 32.6 Å². The van der Waals surface area contributed by atoms with Crippen molar-refractivity contribution in [3.63, 3.8) is 0 Å². The van der Waals surface area contributed by atoms with Crippen LogP contribution < -0.4 is 14.8 Å². The summed E-state index contributed by atoms with van der Waals surface area (Å²) in [5.41, 5.74) is 0.773. The van der Waals surface area contributed by atoms with E-state index in [4.69, 9.17) is 9.47 Å². The Morgan fingerprint density at radius 3 is 2.36 bits per heavy atom. The molecule has 22 heavy (non-hydrogen) atoms. The molecule has 7 nitrogen and oxygen atoms in total. The highest BCUT2D eigenvalue weighted by Gasteiger charge is 2.29. The zero-order valence-corrected chi connectivity index (χ0v) is 13.3. The number of nitro benzene ring substituents is 1. The summed E-state index contributed by atoms with van der Waals surface area (Å²) in [5, 5.41) is 14.8. The number of piperazine rings is 1. The summed E-state index contributed by atoms with van der Waals surface area (Å²) in [5.74, 6) is 0.907. The molecular weight excluding hydrogens is 286 g/mol. The SMILES string of the molecule is CC[C@@H](c1cc(OC)c(OC)cc1[N+](=O)[O-])N1CCNCC1. The van der Waals surface area contributed by atoms with Gasteiger partial charge in [0, 0.05) is 32.2 Å². The molecule has 0 bridgehead atoms. The van der Waals surface area contributed by atoms with E-state index in [0.29, 0.717) is 17.1 Å². The Labute approximate surface area is 130 Å². The molecule has 122 valence electrons. The molecule has 0 saturated carbocycles. The van der Waals surface area contributed by atoms with Crippen LogP contribution in [0.3, 0.4) is 0 Å². The van der Waals surface area contributed by atoms with Crippen LogP contribution in [-0.2, 0) is 0 Å². The zero-order valence-electron chi connectivity index (χ0n) is 13.3. The van der Waals surface area contributed by atoms with Gasteiger partial charge in [0.25, 0.3) is 5.69 Å². The molecule has 0 aliphatic carbocycles. The number of hydrogen-bond acceptors (Lipinski definition) is 6. The lowest BCUT2D eigenvalue weighted by atomic mass is 9.99. The number of benzene rings is 1. The van der Waals surface area contributed by atoms with E-state index in [1.807, 2.05) is 6.92 Å². The Hall–Kier alpha value is -1.86. The normalized spacial score (nSPS) is 17.0. The monoisotopic (exact) mass is 309 g/mol. The smallest absolute Gasteiger partial charge is 0.278 e. The molecule has 0 amide bonds. The molecule has 0 unspecified atom stereocenters. The second kappa shape index (κ2) is 7.42. The lowest BCUT2D eigenvalue weighted by molar-refractivity contribution is -0.386. The van der Waals surface area contributed by atoms with Gasteiger partial charge in [-0.3, -0.25) is 15.0 Å². The maximum atomic E-state index is 11.5. The van der Waals surface area contributed by atoms with Crippen LogP contribution in [0.5, 0.6) is 11.5 Å². The summed E-state index contributed by atoms with van der Waals surface area (Å²) >= 11 is 0. The van der Waals surface area contributed by atoms with Crippen molar-refractivity contribution in [2.75, 3.05) is 40.4 Å². The largest absolute Gasteiger partial charge is 0.493 e. The Morgan fingerprint density at radius 1 is 1.27 bits per heavy atom. The van der Waals surface area contributed by atoms with Gasteiger partial charge in [-0.25, -0.2) is 0 Å². The molecule has 7 heteroatoms. The second-order valence-electron chi connectivity index (χ2n) is 5.23. The Bertz CT molecular complexity index is 530. The van der Waals surface area contributed by atoms with E-state index in [-0.39, 0.29) is 16.7 Å². The lowest BCUT2D eigenvalue weighted by Gasteiger charge is -2.34. The van der Waals surface area contributed by atoms with Gasteiger partial charge in [0.15, 0.2) is 11.5 Å². The number of nitrogens with zero attached hydrogens (tertiary/aromatic N) is 2. The first-order valence-corrected chi connectivity index (χ1v) is 7.47. The van der Waals surface area contributed by atoms with Gasteiger partial charge >= 0.3 is 0 Å². The third kappa shape index (κ3) is 3.31. The minimum absolute atomic E-state index is 0.00214. The molecule has 1 aromatic rings. The van der Waals surface area contributed by atoms with Crippen molar-refractivity contribution in [3.05, 3.63) is 27.8 Å². The van der Waals surface area contributed by atoms with Crippen LogP contribution in [0, 0.1) is 10.1 Å². The predicted molar refractivity (Wildman–Crippen MR) is 83.7 cm³/mol. The van der Waals surface area contributed by atoms with Crippen LogP contribution in [-0.4, -0.2) is 50.2 Å². The van der Waals surface area contributed by atoms with Gasteiger partial charge in [-0.15, -0.1) is 0 Å². The molecular formula is C15H23N3O4. The van der Waals surface area contributed by atoms with Gasteiger partial charge in [-0.1, -0.05) is 6.92 Å². The highest BCUT2D eigenvalue weighted by molar-refractivity contribution is 5.55. The lowest BCUT2D eigenvalue weighted by Crippen LogP contribution is -2.45. The summed E-state index contributed by atoms with van der Waals surface area (Å²) in [6.07, 6.45) is 0.802. The highest BCUT2D eigenvalue weighted by atomic mass is 16.6. The van der Waals surface area contributed by atoms with Crippen LogP contribution >= 0.6 is 0 Å². The predicted octanol–water partition coefficient (Wildman–Crippen LogP) is 1.97. The van der Waals surface area contributed by atoms with Crippen molar-refractivity contribution in [2.45, 2.75) is 19.4 Å². The first kappa shape index (κ1) is 16.5. The minimum atomic E-state index is -0.345. The van der Waals surface area contributed by atoms with E-state index in [1.54, 1.807) is 13.2 Å². The van der Waals surface area contributed by atoms with Crippen molar-refractivity contribution in [3.8, 4) is 11.5 Å². The average molecular weight is 309 g/mol. The van der Waals surface area contributed by atoms with Gasteiger partial charge in [-0.2, -0.15) is 0 Å². The first-order valence-electron chi connectivity index (χ1n) is 7.47. The maximum Gasteiger partial charge on any atom is 0.278 e. The Kier molecular flexibility index (Phi) is 5.57. The molecule has 1 aliphatic heterocycles. The average Bonchev–Trinajstić information content (AvgIpc) is 2.55. The van der Waals surface area contributed by atoms with Crippen LogP contribution in [0.25, 0.3) is 0 Å². The topological polar surface area (TPSA) is 76.9 Å². The third-order valence-corrected chi connectivity index (χ3v) is 4.07. The molecule has 1 aliphatic rings. The number of nitrogens with one attached hydrogen (secondary N) is 1. The van der Waals surface area contributed by atoms with Crippen LogP contribution in [0.4, 0.5) is 5.69 Å². The summed E-state index contributed by atoms with van der Waals surface area (Å²) in [7, 11) is 3.02. The number of ether oxygens (including phenoxy) is 2. The minimum Gasteiger partial charge on any atom is -0.493 e. The quantitative estimate of drug-likeness (QED) is 0.639. The summed E-state index contributed by atoms with van der Waals surface area (Å²) in [6.45, 7) is 5.61. The van der Waals surface area contributed by atoms with Crippen LogP contribution in [0.1, 0.15) is 24.9 Å². The van der Waals surface area contributed by atoms with Gasteiger partial charge < -0.3 is 14.8 Å². The molecule has 0 spiro atoms. The number of rotatable bonds is 6. The second-order valence-corrected chi connectivity index (χ2v) is 5.23. The summed E-state index contributed by atoms with van der Waals surface area (Å²) < 4.78 is 10.5. The number of nitro groups is 1. The Morgan fingerprint density at radius 2 is 1.86 bits per heavy atom. The molecule has 1 saturated heterocycles. The molecule has 1 N–H and O–H groups in total. The molecule has 1 atom stereocenters. The fourth-order valence-electron chi connectivity index (χ4n) is 2.98. The molecule has 1 heterocycles. The molecule has 2 rings (SSSR count). The van der Waals surface area contributed by atoms with Crippen LogP contribution in [0.2, 0.25) is 0 Å². The van der Waals surface area contributed by atoms with Crippen molar-refractivity contribution in [1.82, 2.24) is 10.2 Å². The van der Waals surface area contributed by atoms with E-state index in [1.165, 1.54) is 13.2 Å². The van der Waals surface area contributed by atoms with Gasteiger partial charge in [0.2, 0.25) is 0 Å². The fraction of sp³-hybridized carbons (Fsp3) is 0.600. The van der Waals surface area contributed by atoms with Crippen molar-refractivity contribution >= 4 is 5.69 Å². The van der Waals surface area contributed by atoms with Crippen molar-refractivity contribution < 1.29 is 14.4 Å². The summed E-state index contributed by atoms with van der Waals surface area (Å²) in [4.78, 5) is 13.4. The summed E-state index contributed by atoms with van der Waals surface area (Å²) in [6, 6.07) is 3.20. The van der Waals surface area contributed by atoms with E-state index < -0.39 is 0 Å². The third-order valence-electron chi connectivity index (χ3n) is 4.07. The standard InChI is InChI=1S/C15H23N3O4/c1-4-12(17-7-5-16-6-8-17)11-9-14(21-2)15(22-3)10-13(11)18(19)20/h9-10,12,16H,4-8H2,1-3H3/t12-/m0/s1. The van der Waals surface area contributed by atoms with E-state index >= 15 is 0 Å². The number of hydrogen-bond donors (Lipinski definition) is 1. The van der Waals surface area contributed by atoms with Crippen LogP contribution in [0.15, 0.2) is 12.1 Å². The van der Waals surface area contributed by atoms with E-state index in [2.05, 4.69) is 10.2 Å². The van der Waals surface area contributed by atoms with Crippen molar-refractivity contribution in [2.24, 2.45) is 0 Å². The Balaban J connectivity index is 2.47. The first-order chi connectivity index (χ1) is 10.6. The van der Waals surface area contributed by atoms with Gasteiger partial charge in [0.05, 0.1) is 30.8 Å². The molecule has 1 aromatic carbocycles. The number of methoxy groups -OCH3 is 2. The highest BCUT2D eigenvalue weighted by Crippen LogP contribution is 2.40. The molecule has 1 fully saturated rings. The van der Waals surface area contributed by atoms with Crippen molar-refractivity contribution in [1.29, 1.82) is 0 Å².